The molecule has 2 rings (SSSR count). The van der Waals surface area contributed by atoms with Crippen LogP contribution < -0.4 is 9.47 Å². The second-order valence-electron chi connectivity index (χ2n) is 5.78. The van der Waals surface area contributed by atoms with Gasteiger partial charge in [-0.2, -0.15) is 0 Å². The van der Waals surface area contributed by atoms with E-state index in [1.807, 2.05) is 39.0 Å². The Morgan fingerprint density at radius 1 is 1.31 bits per heavy atom. The Labute approximate surface area is 168 Å². The molecule has 0 saturated carbocycles. The molecule has 0 unspecified atom stereocenters. The zero-order valence-electron chi connectivity index (χ0n) is 15.8. The van der Waals surface area contributed by atoms with Crippen molar-refractivity contribution in [2.75, 3.05) is 20.2 Å². The number of rotatable bonds is 7. The Morgan fingerprint density at radius 3 is 2.62 bits per heavy atom. The van der Waals surface area contributed by atoms with Gasteiger partial charge in [-0.1, -0.05) is 22.9 Å². The van der Waals surface area contributed by atoms with Gasteiger partial charge in [-0.05, 0) is 62.7 Å². The van der Waals surface area contributed by atoms with Gasteiger partial charge in [-0.25, -0.2) is 0 Å². The van der Waals surface area contributed by atoms with Crippen LogP contribution in [0.4, 0.5) is 0 Å². The number of amides is 1. The second kappa shape index (κ2) is 9.46. The topological polar surface area (TPSA) is 51.1 Å². The Balaban J connectivity index is 2.38. The first-order valence-electron chi connectivity index (χ1n) is 8.75. The summed E-state index contributed by atoms with van der Waals surface area (Å²) in [6.45, 7) is 9.26. The van der Waals surface area contributed by atoms with Crippen molar-refractivity contribution >= 4 is 44.8 Å². The lowest BCUT2D eigenvalue weighted by Crippen LogP contribution is -2.28. The summed E-state index contributed by atoms with van der Waals surface area (Å²) in [4.78, 5) is 19.4. The van der Waals surface area contributed by atoms with E-state index in [4.69, 9.17) is 9.47 Å². The van der Waals surface area contributed by atoms with Crippen LogP contribution in [0.5, 0.6) is 11.5 Å². The van der Waals surface area contributed by atoms with Gasteiger partial charge in [-0.15, -0.1) is 0 Å². The van der Waals surface area contributed by atoms with Crippen LogP contribution in [-0.4, -0.2) is 42.3 Å². The molecular formula is C19H25BrN2O3S. The number of amidine groups is 1. The number of halogens is 1. The lowest BCUT2D eigenvalue weighted by Gasteiger charge is -2.17. The Kier molecular flexibility index (Phi) is 7.58. The van der Waals surface area contributed by atoms with E-state index in [9.17, 15) is 4.79 Å². The molecule has 0 radical (unpaired) electrons. The monoisotopic (exact) mass is 440 g/mol. The summed E-state index contributed by atoms with van der Waals surface area (Å²) in [5.74, 6) is 1.31. The molecular weight excluding hydrogens is 416 g/mol. The molecule has 0 N–H and O–H groups in total. The first-order chi connectivity index (χ1) is 12.4. The number of benzene rings is 1. The molecule has 1 aliphatic heterocycles. The standard InChI is InChI=1S/C19H25BrN2O3S/c1-6-12(4)25-16-11-14(20)13(9-15(16)24-5)10-17-18(23)22(8-3)19(26-17)21-7-2/h9-12H,6-8H2,1-5H3/b17-10-,21-19?/t12-/m0/s1. The lowest BCUT2D eigenvalue weighted by molar-refractivity contribution is -0.122. The number of ether oxygens (including phenoxy) is 2. The number of likely N-dealkylation sites (N-methyl/N-ethyl adjacent to an activating group) is 1. The minimum absolute atomic E-state index is 0.0181. The van der Waals surface area contributed by atoms with Crippen LogP contribution in [0.2, 0.25) is 0 Å². The van der Waals surface area contributed by atoms with Gasteiger partial charge in [0.1, 0.15) is 0 Å². The first kappa shape index (κ1) is 20.8. The zero-order valence-corrected chi connectivity index (χ0v) is 18.2. The Morgan fingerprint density at radius 2 is 2.04 bits per heavy atom. The van der Waals surface area contributed by atoms with Crippen molar-refractivity contribution in [2.45, 2.75) is 40.2 Å². The molecule has 0 aliphatic carbocycles. The van der Waals surface area contributed by atoms with Gasteiger partial charge in [-0.3, -0.25) is 14.7 Å². The summed E-state index contributed by atoms with van der Waals surface area (Å²) in [6.07, 6.45) is 2.87. The molecule has 1 saturated heterocycles. The summed E-state index contributed by atoms with van der Waals surface area (Å²) >= 11 is 4.99. The van der Waals surface area contributed by atoms with Gasteiger partial charge >= 0.3 is 0 Å². The fourth-order valence-corrected chi connectivity index (χ4v) is 3.93. The number of aliphatic imine (C=N–C) groups is 1. The molecule has 1 fully saturated rings. The van der Waals surface area contributed by atoms with E-state index in [-0.39, 0.29) is 12.0 Å². The lowest BCUT2D eigenvalue weighted by atomic mass is 10.1. The fraction of sp³-hybridized carbons (Fsp3) is 0.474. The summed E-state index contributed by atoms with van der Waals surface area (Å²) in [5.41, 5.74) is 0.864. The summed E-state index contributed by atoms with van der Waals surface area (Å²) in [6, 6.07) is 3.77. The molecule has 0 spiro atoms. The molecule has 5 nitrogen and oxygen atoms in total. The number of thioether (sulfide) groups is 1. The zero-order chi connectivity index (χ0) is 19.3. The van der Waals surface area contributed by atoms with Crippen molar-refractivity contribution in [1.82, 2.24) is 4.90 Å². The highest BCUT2D eigenvalue weighted by Gasteiger charge is 2.32. The molecule has 1 heterocycles. The molecule has 1 aromatic rings. The highest BCUT2D eigenvalue weighted by atomic mass is 79.9. The van der Waals surface area contributed by atoms with Crippen LogP contribution in [0.15, 0.2) is 26.5 Å². The van der Waals surface area contributed by atoms with Gasteiger partial charge in [0.25, 0.3) is 5.91 Å². The number of carbonyl (C=O) groups is 1. The predicted octanol–water partition coefficient (Wildman–Crippen LogP) is 4.95. The molecule has 1 atom stereocenters. The van der Waals surface area contributed by atoms with Crippen molar-refractivity contribution in [3.63, 3.8) is 0 Å². The van der Waals surface area contributed by atoms with E-state index in [2.05, 4.69) is 27.8 Å². The van der Waals surface area contributed by atoms with E-state index in [1.165, 1.54) is 11.8 Å². The van der Waals surface area contributed by atoms with Crippen LogP contribution in [-0.2, 0) is 4.79 Å². The molecule has 26 heavy (non-hydrogen) atoms. The van der Waals surface area contributed by atoms with Crippen LogP contribution in [0, 0.1) is 0 Å². The highest BCUT2D eigenvalue weighted by Crippen LogP contribution is 2.38. The smallest absolute Gasteiger partial charge is 0.266 e. The number of hydrogen-bond donors (Lipinski definition) is 0. The van der Waals surface area contributed by atoms with Crippen LogP contribution in [0.1, 0.15) is 39.7 Å². The van der Waals surface area contributed by atoms with Crippen molar-refractivity contribution in [2.24, 2.45) is 4.99 Å². The maximum atomic E-state index is 12.6. The van der Waals surface area contributed by atoms with Crippen molar-refractivity contribution < 1.29 is 14.3 Å². The molecule has 1 aliphatic rings. The number of nitrogens with zero attached hydrogens (tertiary/aromatic N) is 2. The van der Waals surface area contributed by atoms with Gasteiger partial charge in [0.2, 0.25) is 0 Å². The number of hydrogen-bond acceptors (Lipinski definition) is 5. The molecule has 1 aromatic carbocycles. The minimum Gasteiger partial charge on any atom is -0.493 e. The van der Waals surface area contributed by atoms with E-state index in [1.54, 1.807) is 12.0 Å². The molecule has 7 heteroatoms. The van der Waals surface area contributed by atoms with Crippen LogP contribution in [0.25, 0.3) is 6.08 Å². The van der Waals surface area contributed by atoms with E-state index >= 15 is 0 Å². The number of carbonyl (C=O) groups excluding carboxylic acids is 1. The minimum atomic E-state index is -0.0181. The van der Waals surface area contributed by atoms with Gasteiger partial charge < -0.3 is 9.47 Å². The van der Waals surface area contributed by atoms with Crippen molar-refractivity contribution in [1.29, 1.82) is 0 Å². The fourth-order valence-electron chi connectivity index (χ4n) is 2.39. The van der Waals surface area contributed by atoms with E-state index < -0.39 is 0 Å². The molecule has 0 bridgehead atoms. The van der Waals surface area contributed by atoms with Gasteiger partial charge in [0.15, 0.2) is 16.7 Å². The van der Waals surface area contributed by atoms with E-state index in [0.717, 1.165) is 21.6 Å². The normalized spacial score (nSPS) is 18.7. The third kappa shape index (κ3) is 4.62. The number of methoxy groups -OCH3 is 1. The second-order valence-corrected chi connectivity index (χ2v) is 7.64. The largest absolute Gasteiger partial charge is 0.493 e. The maximum absolute atomic E-state index is 12.6. The average Bonchev–Trinajstić information content (AvgIpc) is 2.92. The van der Waals surface area contributed by atoms with Crippen molar-refractivity contribution in [3.8, 4) is 11.5 Å². The third-order valence-electron chi connectivity index (χ3n) is 3.97. The van der Waals surface area contributed by atoms with Gasteiger partial charge in [0, 0.05) is 17.6 Å². The van der Waals surface area contributed by atoms with Gasteiger partial charge in [0.05, 0.1) is 18.1 Å². The molecule has 142 valence electrons. The van der Waals surface area contributed by atoms with Crippen LogP contribution >= 0.6 is 27.7 Å². The summed E-state index contributed by atoms with van der Waals surface area (Å²) < 4.78 is 12.2. The average molecular weight is 441 g/mol. The van der Waals surface area contributed by atoms with Crippen molar-refractivity contribution in [3.05, 3.63) is 27.1 Å². The van der Waals surface area contributed by atoms with Crippen LogP contribution in [0.3, 0.4) is 0 Å². The van der Waals surface area contributed by atoms with E-state index in [0.29, 0.717) is 29.5 Å². The Bertz CT molecular complexity index is 734. The summed E-state index contributed by atoms with van der Waals surface area (Å²) in [7, 11) is 1.62. The summed E-state index contributed by atoms with van der Waals surface area (Å²) in [5, 5.41) is 0.756. The molecule has 0 aromatic heterocycles. The highest BCUT2D eigenvalue weighted by molar-refractivity contribution is 9.10. The maximum Gasteiger partial charge on any atom is 0.266 e. The predicted molar refractivity (Wildman–Crippen MR) is 112 cm³/mol. The third-order valence-corrected chi connectivity index (χ3v) is 5.70. The quantitative estimate of drug-likeness (QED) is 0.562. The Hall–Kier alpha value is -1.47. The SMILES string of the molecule is CCN=C1S/C(=C\c2cc(OC)c(O[C@@H](C)CC)cc2Br)C(=O)N1CC. The first-order valence-corrected chi connectivity index (χ1v) is 10.4. The molecule has 1 amide bonds.